The van der Waals surface area contributed by atoms with Crippen molar-refractivity contribution in [2.45, 2.75) is 25.8 Å². The number of nitrogens with one attached hydrogen (secondary N) is 1. The minimum atomic E-state index is -0.375. The highest BCUT2D eigenvalue weighted by Crippen LogP contribution is 2.24. The second-order valence-electron chi connectivity index (χ2n) is 5.24. The van der Waals surface area contributed by atoms with Crippen LogP contribution in [0.4, 0.5) is 0 Å². The van der Waals surface area contributed by atoms with Crippen LogP contribution in [0.3, 0.4) is 0 Å². The van der Waals surface area contributed by atoms with Crippen LogP contribution in [0.15, 0.2) is 30.3 Å². The maximum absolute atomic E-state index is 9.92. The van der Waals surface area contributed by atoms with Gasteiger partial charge in [0.05, 0.1) is 18.8 Å². The van der Waals surface area contributed by atoms with Crippen LogP contribution in [0.1, 0.15) is 25.8 Å². The highest BCUT2D eigenvalue weighted by molar-refractivity contribution is 5.24. The molecule has 0 saturated carbocycles. The van der Waals surface area contributed by atoms with Gasteiger partial charge < -0.3 is 20.1 Å². The fourth-order valence-corrected chi connectivity index (χ4v) is 2.54. The highest BCUT2D eigenvalue weighted by Gasteiger charge is 2.29. The van der Waals surface area contributed by atoms with Crippen LogP contribution in [0.25, 0.3) is 0 Å². The van der Waals surface area contributed by atoms with Crippen molar-refractivity contribution in [3.05, 3.63) is 35.9 Å². The smallest absolute Gasteiger partial charge is 0.0678 e. The van der Waals surface area contributed by atoms with Crippen molar-refractivity contribution >= 4 is 0 Å². The van der Waals surface area contributed by atoms with E-state index in [0.29, 0.717) is 0 Å². The molecule has 1 rings (SSSR count). The predicted octanol–water partition coefficient (Wildman–Crippen LogP) is 1.84. The monoisotopic (exact) mass is 294 g/mol. The Morgan fingerprint density at radius 1 is 1.19 bits per heavy atom. The van der Waals surface area contributed by atoms with Crippen molar-refractivity contribution in [2.75, 3.05) is 46.5 Å². The lowest BCUT2D eigenvalue weighted by Crippen LogP contribution is -2.46. The van der Waals surface area contributed by atoms with Crippen molar-refractivity contribution in [1.29, 1.82) is 0 Å². The van der Waals surface area contributed by atoms with E-state index in [9.17, 15) is 5.11 Å². The summed E-state index contributed by atoms with van der Waals surface area (Å²) in [6, 6.07) is 10.2. The third kappa shape index (κ3) is 5.40. The Morgan fingerprint density at radius 3 is 2.43 bits per heavy atom. The Balaban J connectivity index is 2.65. The van der Waals surface area contributed by atoms with Crippen molar-refractivity contribution < 1.29 is 9.84 Å². The summed E-state index contributed by atoms with van der Waals surface area (Å²) in [6.45, 7) is 8.66. The summed E-state index contributed by atoms with van der Waals surface area (Å²) in [5.41, 5.74) is 0.760. The first kappa shape index (κ1) is 18.1. The van der Waals surface area contributed by atoms with Crippen molar-refractivity contribution in [3.63, 3.8) is 0 Å². The topological polar surface area (TPSA) is 44.7 Å². The Labute approximate surface area is 129 Å². The molecular weight excluding hydrogens is 264 g/mol. The summed E-state index contributed by atoms with van der Waals surface area (Å²) in [5.74, 6) is 0. The molecule has 120 valence electrons. The second kappa shape index (κ2) is 9.90. The first-order valence-corrected chi connectivity index (χ1v) is 7.87. The van der Waals surface area contributed by atoms with E-state index in [-0.39, 0.29) is 12.1 Å². The van der Waals surface area contributed by atoms with Gasteiger partial charge in [0, 0.05) is 19.7 Å². The predicted molar refractivity (Wildman–Crippen MR) is 87.5 cm³/mol. The van der Waals surface area contributed by atoms with Crippen LogP contribution in [0, 0.1) is 0 Å². The van der Waals surface area contributed by atoms with Gasteiger partial charge in [0.2, 0.25) is 0 Å². The summed E-state index contributed by atoms with van der Waals surface area (Å²) in [4.78, 5) is 2.36. The molecule has 1 aromatic carbocycles. The molecule has 0 spiro atoms. The molecule has 2 N–H and O–H groups in total. The molecular formula is C17H30N2O2. The van der Waals surface area contributed by atoms with E-state index >= 15 is 0 Å². The summed E-state index contributed by atoms with van der Waals surface area (Å²) in [5, 5.41) is 13.2. The lowest BCUT2D eigenvalue weighted by molar-refractivity contribution is 0.101. The SMILES string of the molecule is CCOCCN(CC)CCC(CO)(NC)c1ccccc1. The molecule has 0 fully saturated rings. The molecule has 21 heavy (non-hydrogen) atoms. The largest absolute Gasteiger partial charge is 0.394 e. The van der Waals surface area contributed by atoms with Gasteiger partial charge in [0.1, 0.15) is 0 Å². The van der Waals surface area contributed by atoms with Crippen molar-refractivity contribution in [1.82, 2.24) is 10.2 Å². The maximum Gasteiger partial charge on any atom is 0.0678 e. The number of ether oxygens (including phenoxy) is 1. The number of aliphatic hydroxyl groups excluding tert-OH is 1. The quantitative estimate of drug-likeness (QED) is 0.611. The number of aliphatic hydroxyl groups is 1. The Bertz CT molecular complexity index is 366. The van der Waals surface area contributed by atoms with Crippen LogP contribution < -0.4 is 5.32 Å². The summed E-state index contributed by atoms with van der Waals surface area (Å²) in [6.07, 6.45) is 0.865. The van der Waals surface area contributed by atoms with Crippen LogP contribution in [0.5, 0.6) is 0 Å². The molecule has 4 heteroatoms. The zero-order valence-electron chi connectivity index (χ0n) is 13.6. The summed E-state index contributed by atoms with van der Waals surface area (Å²) >= 11 is 0. The normalized spacial score (nSPS) is 14.3. The Morgan fingerprint density at radius 2 is 1.90 bits per heavy atom. The zero-order chi connectivity index (χ0) is 15.6. The van der Waals surface area contributed by atoms with E-state index in [4.69, 9.17) is 4.74 Å². The van der Waals surface area contributed by atoms with E-state index in [0.717, 1.165) is 44.8 Å². The second-order valence-corrected chi connectivity index (χ2v) is 5.24. The standard InChI is InChI=1S/C17H30N2O2/c1-4-19(13-14-21-5-2)12-11-17(15-20,18-3)16-9-7-6-8-10-16/h6-10,18,20H,4-5,11-15H2,1-3H3. The van der Waals surface area contributed by atoms with Crippen LogP contribution in [0.2, 0.25) is 0 Å². The number of likely N-dealkylation sites (N-methyl/N-ethyl adjacent to an activating group) is 2. The minimum absolute atomic E-state index is 0.0938. The van der Waals surface area contributed by atoms with E-state index in [1.54, 1.807) is 0 Å². The molecule has 0 aliphatic carbocycles. The summed E-state index contributed by atoms with van der Waals surface area (Å²) in [7, 11) is 1.92. The van der Waals surface area contributed by atoms with Crippen molar-refractivity contribution in [2.24, 2.45) is 0 Å². The van der Waals surface area contributed by atoms with Gasteiger partial charge in [-0.1, -0.05) is 37.3 Å². The lowest BCUT2D eigenvalue weighted by atomic mass is 9.87. The molecule has 0 amide bonds. The van der Waals surface area contributed by atoms with E-state index < -0.39 is 0 Å². The first-order chi connectivity index (χ1) is 10.2. The van der Waals surface area contributed by atoms with Crippen LogP contribution in [-0.2, 0) is 10.3 Å². The average molecular weight is 294 g/mol. The molecule has 1 aromatic rings. The van der Waals surface area contributed by atoms with Gasteiger partial charge in [0.15, 0.2) is 0 Å². The molecule has 0 bridgehead atoms. The average Bonchev–Trinajstić information content (AvgIpc) is 2.55. The fourth-order valence-electron chi connectivity index (χ4n) is 2.54. The van der Waals surface area contributed by atoms with E-state index in [1.807, 2.05) is 32.2 Å². The van der Waals surface area contributed by atoms with Gasteiger partial charge in [-0.15, -0.1) is 0 Å². The Hall–Kier alpha value is -0.940. The van der Waals surface area contributed by atoms with Gasteiger partial charge in [-0.05, 0) is 32.5 Å². The number of nitrogens with zero attached hydrogens (tertiary/aromatic N) is 1. The zero-order valence-corrected chi connectivity index (χ0v) is 13.6. The van der Waals surface area contributed by atoms with Gasteiger partial charge in [-0.25, -0.2) is 0 Å². The van der Waals surface area contributed by atoms with Crippen LogP contribution in [-0.4, -0.2) is 56.5 Å². The number of hydrogen-bond acceptors (Lipinski definition) is 4. The van der Waals surface area contributed by atoms with Crippen molar-refractivity contribution in [3.8, 4) is 0 Å². The van der Waals surface area contributed by atoms with Gasteiger partial charge >= 0.3 is 0 Å². The molecule has 0 saturated heterocycles. The Kier molecular flexibility index (Phi) is 8.54. The van der Waals surface area contributed by atoms with Gasteiger partial charge in [0.25, 0.3) is 0 Å². The molecule has 4 nitrogen and oxygen atoms in total. The molecule has 0 aromatic heterocycles. The molecule has 0 aliphatic rings. The third-order valence-electron chi connectivity index (χ3n) is 4.13. The van der Waals surface area contributed by atoms with E-state index in [1.165, 1.54) is 0 Å². The van der Waals surface area contributed by atoms with Crippen LogP contribution >= 0.6 is 0 Å². The van der Waals surface area contributed by atoms with Gasteiger partial charge in [-0.2, -0.15) is 0 Å². The molecule has 1 unspecified atom stereocenters. The fraction of sp³-hybridized carbons (Fsp3) is 0.647. The number of hydrogen-bond donors (Lipinski definition) is 2. The highest BCUT2D eigenvalue weighted by atomic mass is 16.5. The molecule has 0 aliphatic heterocycles. The molecule has 0 heterocycles. The van der Waals surface area contributed by atoms with Gasteiger partial charge in [-0.3, -0.25) is 0 Å². The molecule has 1 atom stereocenters. The van der Waals surface area contributed by atoms with E-state index in [2.05, 4.69) is 29.3 Å². The minimum Gasteiger partial charge on any atom is -0.394 e. The number of rotatable bonds is 11. The number of benzene rings is 1. The maximum atomic E-state index is 9.92. The lowest BCUT2D eigenvalue weighted by Gasteiger charge is -2.34. The summed E-state index contributed by atoms with van der Waals surface area (Å²) < 4.78 is 5.43. The third-order valence-corrected chi connectivity index (χ3v) is 4.13. The first-order valence-electron chi connectivity index (χ1n) is 7.87. The molecule has 0 radical (unpaired) electrons.